The van der Waals surface area contributed by atoms with Gasteiger partial charge in [0.05, 0.1) is 24.5 Å². The topological polar surface area (TPSA) is 52.1 Å². The van der Waals surface area contributed by atoms with Crippen LogP contribution in [0.3, 0.4) is 0 Å². The van der Waals surface area contributed by atoms with Gasteiger partial charge in [0.2, 0.25) is 0 Å². The molecule has 2 aromatic rings. The van der Waals surface area contributed by atoms with Gasteiger partial charge >= 0.3 is 0 Å². The first-order valence-corrected chi connectivity index (χ1v) is 6.60. The molecule has 0 spiro atoms. The summed E-state index contributed by atoms with van der Waals surface area (Å²) in [5.74, 6) is 1.19. The van der Waals surface area contributed by atoms with Crippen LogP contribution in [0, 0.1) is 0 Å². The molecule has 3 rings (SSSR count). The Morgan fingerprint density at radius 3 is 3.17 bits per heavy atom. The van der Waals surface area contributed by atoms with Gasteiger partial charge in [-0.05, 0) is 24.0 Å². The molecule has 1 aliphatic heterocycles. The standard InChI is InChI=1S/C13H12N2O2S/c16-12(11-8-14-18-15-11)7-9-5-6-17-13-4-2-1-3-10(9)13/h1-4,8-9H,5-7H2. The van der Waals surface area contributed by atoms with E-state index in [4.69, 9.17) is 4.74 Å². The second-order valence-corrected chi connectivity index (χ2v) is 4.85. The molecule has 1 atom stereocenters. The van der Waals surface area contributed by atoms with Crippen molar-refractivity contribution >= 4 is 17.5 Å². The Labute approximate surface area is 109 Å². The van der Waals surface area contributed by atoms with E-state index in [2.05, 4.69) is 8.75 Å². The second-order valence-electron chi connectivity index (χ2n) is 4.29. The van der Waals surface area contributed by atoms with Crippen molar-refractivity contribution in [3.63, 3.8) is 0 Å². The smallest absolute Gasteiger partial charge is 0.184 e. The highest BCUT2D eigenvalue weighted by Crippen LogP contribution is 2.35. The lowest BCUT2D eigenvalue weighted by Gasteiger charge is -2.25. The molecule has 0 N–H and O–H groups in total. The van der Waals surface area contributed by atoms with E-state index in [1.54, 1.807) is 0 Å². The molecule has 0 aliphatic carbocycles. The summed E-state index contributed by atoms with van der Waals surface area (Å²) in [6.07, 6.45) is 2.89. The summed E-state index contributed by atoms with van der Waals surface area (Å²) in [7, 11) is 0. The van der Waals surface area contributed by atoms with Crippen LogP contribution in [0.2, 0.25) is 0 Å². The van der Waals surface area contributed by atoms with Crippen molar-refractivity contribution in [2.45, 2.75) is 18.8 Å². The lowest BCUT2D eigenvalue weighted by atomic mass is 9.88. The maximum atomic E-state index is 12.0. The predicted molar refractivity (Wildman–Crippen MR) is 68.2 cm³/mol. The highest BCUT2D eigenvalue weighted by Gasteiger charge is 2.24. The van der Waals surface area contributed by atoms with Gasteiger partial charge in [-0.25, -0.2) is 0 Å². The highest BCUT2D eigenvalue weighted by molar-refractivity contribution is 6.99. The Morgan fingerprint density at radius 1 is 1.44 bits per heavy atom. The van der Waals surface area contributed by atoms with Crippen LogP contribution in [0.4, 0.5) is 0 Å². The van der Waals surface area contributed by atoms with E-state index in [0.29, 0.717) is 18.7 Å². The summed E-state index contributed by atoms with van der Waals surface area (Å²) in [4.78, 5) is 12.0. The van der Waals surface area contributed by atoms with E-state index in [-0.39, 0.29) is 11.7 Å². The maximum absolute atomic E-state index is 12.0. The molecule has 92 valence electrons. The lowest BCUT2D eigenvalue weighted by molar-refractivity contribution is 0.0962. The van der Waals surface area contributed by atoms with Crippen LogP contribution in [0.1, 0.15) is 34.8 Å². The summed E-state index contributed by atoms with van der Waals surface area (Å²) < 4.78 is 13.4. The summed E-state index contributed by atoms with van der Waals surface area (Å²) >= 11 is 1.07. The van der Waals surface area contributed by atoms with E-state index in [9.17, 15) is 4.79 Å². The molecule has 0 fully saturated rings. The first-order valence-electron chi connectivity index (χ1n) is 5.87. The summed E-state index contributed by atoms with van der Waals surface area (Å²) in [6.45, 7) is 0.671. The molecular formula is C13H12N2O2S. The van der Waals surface area contributed by atoms with Crippen molar-refractivity contribution in [2.75, 3.05) is 6.61 Å². The summed E-state index contributed by atoms with van der Waals surface area (Å²) in [6, 6.07) is 7.92. The molecule has 2 heterocycles. The Kier molecular flexibility index (Phi) is 3.06. The number of para-hydroxylation sites is 1. The van der Waals surface area contributed by atoms with Crippen LogP contribution < -0.4 is 4.74 Å². The quantitative estimate of drug-likeness (QED) is 0.796. The Balaban J connectivity index is 1.80. The van der Waals surface area contributed by atoms with Gasteiger partial charge in [0.15, 0.2) is 5.78 Å². The summed E-state index contributed by atoms with van der Waals surface area (Å²) in [5, 5.41) is 0. The van der Waals surface area contributed by atoms with E-state index in [1.165, 1.54) is 6.20 Å². The number of benzene rings is 1. The highest BCUT2D eigenvalue weighted by atomic mass is 32.1. The zero-order valence-electron chi connectivity index (χ0n) is 9.70. The molecule has 0 amide bonds. The molecule has 1 aromatic carbocycles. The number of carbonyl (C=O) groups is 1. The first kappa shape index (κ1) is 11.3. The van der Waals surface area contributed by atoms with E-state index in [1.807, 2.05) is 24.3 Å². The zero-order chi connectivity index (χ0) is 12.4. The third-order valence-electron chi connectivity index (χ3n) is 3.16. The SMILES string of the molecule is O=C(CC1CCOc2ccccc21)c1cnsn1. The molecule has 1 aromatic heterocycles. The van der Waals surface area contributed by atoms with Gasteiger partial charge in [-0.15, -0.1) is 0 Å². The number of hydrogen-bond donors (Lipinski definition) is 0. The number of ether oxygens (including phenoxy) is 1. The summed E-state index contributed by atoms with van der Waals surface area (Å²) in [5.41, 5.74) is 1.60. The number of nitrogens with zero attached hydrogens (tertiary/aromatic N) is 2. The minimum atomic E-state index is 0.0606. The van der Waals surface area contributed by atoms with Crippen molar-refractivity contribution in [1.29, 1.82) is 0 Å². The number of hydrogen-bond acceptors (Lipinski definition) is 5. The zero-order valence-corrected chi connectivity index (χ0v) is 10.5. The van der Waals surface area contributed by atoms with Gasteiger partial charge in [0, 0.05) is 6.42 Å². The van der Waals surface area contributed by atoms with Gasteiger partial charge in [-0.3, -0.25) is 4.79 Å². The van der Waals surface area contributed by atoms with Crippen molar-refractivity contribution in [2.24, 2.45) is 0 Å². The third kappa shape index (κ3) is 2.13. The van der Waals surface area contributed by atoms with E-state index >= 15 is 0 Å². The third-order valence-corrected chi connectivity index (χ3v) is 3.64. The molecule has 0 bridgehead atoms. The van der Waals surface area contributed by atoms with Crippen LogP contribution in [0.5, 0.6) is 5.75 Å². The molecule has 4 nitrogen and oxygen atoms in total. The molecule has 5 heteroatoms. The van der Waals surface area contributed by atoms with Crippen molar-refractivity contribution in [1.82, 2.24) is 8.75 Å². The molecule has 0 saturated heterocycles. The molecular weight excluding hydrogens is 248 g/mol. The van der Waals surface area contributed by atoms with Crippen LogP contribution in [0.15, 0.2) is 30.5 Å². The number of fused-ring (bicyclic) bond motifs is 1. The predicted octanol–water partition coefficient (Wildman–Crippen LogP) is 2.68. The van der Waals surface area contributed by atoms with Crippen LogP contribution in [-0.2, 0) is 0 Å². The van der Waals surface area contributed by atoms with Crippen LogP contribution in [-0.4, -0.2) is 21.1 Å². The van der Waals surface area contributed by atoms with Crippen LogP contribution in [0.25, 0.3) is 0 Å². The Morgan fingerprint density at radius 2 is 2.33 bits per heavy atom. The lowest BCUT2D eigenvalue weighted by Crippen LogP contribution is -2.17. The molecule has 0 radical (unpaired) electrons. The molecule has 1 aliphatic rings. The minimum Gasteiger partial charge on any atom is -0.493 e. The molecule has 18 heavy (non-hydrogen) atoms. The van der Waals surface area contributed by atoms with Crippen LogP contribution >= 0.6 is 11.7 Å². The van der Waals surface area contributed by atoms with Crippen molar-refractivity contribution in [3.8, 4) is 5.75 Å². The number of ketones is 1. The fraction of sp³-hybridized carbons (Fsp3) is 0.308. The minimum absolute atomic E-state index is 0.0606. The second kappa shape index (κ2) is 4.86. The fourth-order valence-corrected chi connectivity index (χ4v) is 2.67. The van der Waals surface area contributed by atoms with Gasteiger partial charge < -0.3 is 4.74 Å². The maximum Gasteiger partial charge on any atom is 0.184 e. The van der Waals surface area contributed by atoms with Crippen molar-refractivity contribution in [3.05, 3.63) is 41.7 Å². The Hall–Kier alpha value is -1.75. The number of rotatable bonds is 3. The number of aromatic nitrogens is 2. The average molecular weight is 260 g/mol. The van der Waals surface area contributed by atoms with E-state index in [0.717, 1.165) is 29.5 Å². The Bertz CT molecular complexity index is 554. The van der Waals surface area contributed by atoms with Gasteiger partial charge in [-0.1, -0.05) is 18.2 Å². The van der Waals surface area contributed by atoms with Gasteiger partial charge in [-0.2, -0.15) is 8.75 Å². The van der Waals surface area contributed by atoms with Gasteiger partial charge in [0.1, 0.15) is 11.4 Å². The average Bonchev–Trinajstić information content (AvgIpc) is 2.93. The number of Topliss-reactive ketones (excluding diaryl/α,β-unsaturated/α-hetero) is 1. The monoisotopic (exact) mass is 260 g/mol. The fourth-order valence-electron chi connectivity index (χ4n) is 2.24. The molecule has 0 saturated carbocycles. The number of carbonyl (C=O) groups excluding carboxylic acids is 1. The normalized spacial score (nSPS) is 17.9. The van der Waals surface area contributed by atoms with Crippen molar-refractivity contribution < 1.29 is 9.53 Å². The van der Waals surface area contributed by atoms with Gasteiger partial charge in [0.25, 0.3) is 0 Å². The first-order chi connectivity index (χ1) is 8.84. The largest absolute Gasteiger partial charge is 0.493 e. The van der Waals surface area contributed by atoms with E-state index < -0.39 is 0 Å². The molecule has 1 unspecified atom stereocenters.